The van der Waals surface area contributed by atoms with Crippen LogP contribution in [0.5, 0.6) is 0 Å². The summed E-state index contributed by atoms with van der Waals surface area (Å²) in [6.45, 7) is 7.95. The lowest BCUT2D eigenvalue weighted by atomic mass is 10.1. The van der Waals surface area contributed by atoms with Crippen molar-refractivity contribution in [3.8, 4) is 6.07 Å². The Bertz CT molecular complexity index is 591. The monoisotopic (exact) mass is 316 g/mol. The molecule has 0 aromatic heterocycles. The van der Waals surface area contributed by atoms with Crippen LogP contribution < -0.4 is 10.6 Å². The average molecular weight is 316 g/mol. The molecule has 124 valence electrons. The normalized spacial score (nSPS) is 10.3. The zero-order valence-electron chi connectivity index (χ0n) is 14.1. The molecule has 0 fully saturated rings. The Morgan fingerprint density at radius 3 is 2.52 bits per heavy atom. The maximum absolute atomic E-state index is 12.6. The van der Waals surface area contributed by atoms with E-state index in [0.29, 0.717) is 24.2 Å². The molecule has 0 aliphatic carbocycles. The van der Waals surface area contributed by atoms with Gasteiger partial charge in [-0.1, -0.05) is 6.07 Å². The Labute approximate surface area is 137 Å². The number of carbonyl (C=O) groups excluding carboxylic acids is 2. The van der Waals surface area contributed by atoms with E-state index in [1.165, 1.54) is 0 Å². The molecule has 6 heteroatoms. The molecule has 0 unspecified atom stereocenters. The molecule has 0 radical (unpaired) electrons. The summed E-state index contributed by atoms with van der Waals surface area (Å²) in [7, 11) is 0. The van der Waals surface area contributed by atoms with Gasteiger partial charge in [-0.2, -0.15) is 5.26 Å². The minimum absolute atomic E-state index is 0.00305. The van der Waals surface area contributed by atoms with Crippen LogP contribution >= 0.6 is 0 Å². The fourth-order valence-corrected chi connectivity index (χ4v) is 2.09. The van der Waals surface area contributed by atoms with Gasteiger partial charge in [0.25, 0.3) is 5.91 Å². The fourth-order valence-electron chi connectivity index (χ4n) is 2.09. The van der Waals surface area contributed by atoms with Gasteiger partial charge in [0.1, 0.15) is 0 Å². The lowest BCUT2D eigenvalue weighted by molar-refractivity contribution is 0.0710. The Balaban J connectivity index is 2.87. The zero-order chi connectivity index (χ0) is 17.4. The summed E-state index contributed by atoms with van der Waals surface area (Å²) in [4.78, 5) is 26.0. The molecule has 0 aliphatic heterocycles. The Kier molecular flexibility index (Phi) is 7.07. The number of hydrogen-bond acceptors (Lipinski definition) is 3. The largest absolute Gasteiger partial charge is 0.336 e. The summed E-state index contributed by atoms with van der Waals surface area (Å²) in [5.74, 6) is -0.150. The molecule has 0 aliphatic rings. The Morgan fingerprint density at radius 2 is 1.96 bits per heavy atom. The summed E-state index contributed by atoms with van der Waals surface area (Å²) in [5.41, 5.74) is 1.04. The van der Waals surface area contributed by atoms with Crippen molar-refractivity contribution < 1.29 is 9.59 Å². The maximum Gasteiger partial charge on any atom is 0.319 e. The second kappa shape index (κ2) is 8.79. The van der Waals surface area contributed by atoms with Gasteiger partial charge >= 0.3 is 6.03 Å². The van der Waals surface area contributed by atoms with E-state index < -0.39 is 0 Å². The summed E-state index contributed by atoms with van der Waals surface area (Å²) in [6, 6.07) is 8.57. The number of rotatable bonds is 6. The van der Waals surface area contributed by atoms with Crippen LogP contribution in [0.25, 0.3) is 0 Å². The number of urea groups is 1. The molecular weight excluding hydrogens is 292 g/mol. The van der Waals surface area contributed by atoms with Gasteiger partial charge in [0, 0.05) is 29.9 Å². The summed E-state index contributed by atoms with van der Waals surface area (Å²) < 4.78 is 0. The molecule has 1 rings (SSSR count). The number of nitrogens with one attached hydrogen (secondary N) is 2. The van der Waals surface area contributed by atoms with Crippen molar-refractivity contribution in [3.05, 3.63) is 29.8 Å². The molecule has 0 atom stereocenters. The predicted octanol–water partition coefficient (Wildman–Crippen LogP) is 2.98. The highest BCUT2D eigenvalue weighted by molar-refractivity contribution is 5.97. The van der Waals surface area contributed by atoms with Gasteiger partial charge in [0.05, 0.1) is 12.5 Å². The van der Waals surface area contributed by atoms with Crippen LogP contribution in [0.3, 0.4) is 0 Å². The minimum Gasteiger partial charge on any atom is -0.336 e. The molecule has 23 heavy (non-hydrogen) atoms. The maximum atomic E-state index is 12.6. The molecule has 0 bridgehead atoms. The van der Waals surface area contributed by atoms with Crippen molar-refractivity contribution in [2.24, 2.45) is 0 Å². The highest BCUT2D eigenvalue weighted by Gasteiger charge is 2.18. The van der Waals surface area contributed by atoms with Crippen LogP contribution in [0.1, 0.15) is 44.5 Å². The smallest absolute Gasteiger partial charge is 0.319 e. The number of anilines is 1. The molecular formula is C17H24N4O2. The van der Waals surface area contributed by atoms with Crippen LogP contribution in [-0.2, 0) is 0 Å². The van der Waals surface area contributed by atoms with Gasteiger partial charge in [-0.15, -0.1) is 0 Å². The van der Waals surface area contributed by atoms with Gasteiger partial charge < -0.3 is 15.5 Å². The van der Waals surface area contributed by atoms with Crippen LogP contribution in [0.4, 0.5) is 10.5 Å². The zero-order valence-corrected chi connectivity index (χ0v) is 14.1. The highest BCUT2D eigenvalue weighted by Crippen LogP contribution is 2.14. The second-order valence-electron chi connectivity index (χ2n) is 5.83. The van der Waals surface area contributed by atoms with E-state index in [1.807, 2.05) is 27.7 Å². The van der Waals surface area contributed by atoms with Crippen molar-refractivity contribution in [2.45, 2.75) is 46.2 Å². The van der Waals surface area contributed by atoms with Crippen LogP contribution in [-0.4, -0.2) is 35.5 Å². The fraction of sp³-hybridized carbons (Fsp3) is 0.471. The van der Waals surface area contributed by atoms with Crippen LogP contribution in [0, 0.1) is 11.3 Å². The van der Waals surface area contributed by atoms with Gasteiger partial charge in [-0.3, -0.25) is 4.79 Å². The minimum atomic E-state index is -0.310. The van der Waals surface area contributed by atoms with Crippen molar-refractivity contribution in [1.29, 1.82) is 5.26 Å². The van der Waals surface area contributed by atoms with E-state index in [1.54, 1.807) is 29.2 Å². The highest BCUT2D eigenvalue weighted by atomic mass is 16.2. The quantitative estimate of drug-likeness (QED) is 0.846. The van der Waals surface area contributed by atoms with E-state index in [2.05, 4.69) is 16.7 Å². The van der Waals surface area contributed by atoms with E-state index in [4.69, 9.17) is 5.26 Å². The predicted molar refractivity (Wildman–Crippen MR) is 90.1 cm³/mol. The van der Waals surface area contributed by atoms with Crippen LogP contribution in [0.15, 0.2) is 24.3 Å². The first-order valence-corrected chi connectivity index (χ1v) is 7.70. The Hall–Kier alpha value is -2.55. The van der Waals surface area contributed by atoms with Crippen molar-refractivity contribution in [2.75, 3.05) is 11.9 Å². The average Bonchev–Trinajstić information content (AvgIpc) is 2.46. The Morgan fingerprint density at radius 1 is 1.26 bits per heavy atom. The van der Waals surface area contributed by atoms with E-state index >= 15 is 0 Å². The second-order valence-corrected chi connectivity index (χ2v) is 5.83. The van der Waals surface area contributed by atoms with Crippen molar-refractivity contribution >= 4 is 17.6 Å². The molecule has 1 aromatic carbocycles. The van der Waals surface area contributed by atoms with E-state index in [-0.39, 0.29) is 24.0 Å². The first kappa shape index (κ1) is 18.5. The van der Waals surface area contributed by atoms with Gasteiger partial charge in [0.15, 0.2) is 0 Å². The summed E-state index contributed by atoms with van der Waals surface area (Å²) in [5, 5.41) is 14.2. The lowest BCUT2D eigenvalue weighted by Gasteiger charge is -2.26. The molecule has 6 nitrogen and oxygen atoms in total. The third kappa shape index (κ3) is 5.99. The van der Waals surface area contributed by atoms with Gasteiger partial charge in [-0.25, -0.2) is 4.79 Å². The third-order valence-electron chi connectivity index (χ3n) is 3.14. The van der Waals surface area contributed by atoms with Gasteiger partial charge in [-0.05, 0) is 45.9 Å². The first-order valence-electron chi connectivity index (χ1n) is 7.70. The molecule has 3 amide bonds. The molecule has 1 aromatic rings. The molecule has 0 saturated heterocycles. The SMILES string of the molecule is CC(C)NC(=O)Nc1cccc(C(=O)N(CCC#N)C(C)C)c1. The van der Waals surface area contributed by atoms with Gasteiger partial charge in [0.2, 0.25) is 0 Å². The van der Waals surface area contributed by atoms with E-state index in [9.17, 15) is 9.59 Å². The van der Waals surface area contributed by atoms with E-state index in [0.717, 1.165) is 0 Å². The molecule has 2 N–H and O–H groups in total. The third-order valence-corrected chi connectivity index (χ3v) is 3.14. The molecule has 0 spiro atoms. The topological polar surface area (TPSA) is 85.2 Å². The number of amides is 3. The first-order chi connectivity index (χ1) is 10.8. The molecule has 0 saturated carbocycles. The number of nitrogens with zero attached hydrogens (tertiary/aromatic N) is 2. The van der Waals surface area contributed by atoms with Crippen LogP contribution in [0.2, 0.25) is 0 Å². The van der Waals surface area contributed by atoms with Crippen molar-refractivity contribution in [1.82, 2.24) is 10.2 Å². The number of nitriles is 1. The standard InChI is InChI=1S/C17H24N4O2/c1-12(2)19-17(23)20-15-8-5-7-14(11-15)16(22)21(13(3)4)10-6-9-18/h5,7-8,11-13H,6,10H2,1-4H3,(H2,19,20,23). The number of hydrogen-bond donors (Lipinski definition) is 2. The number of carbonyl (C=O) groups is 2. The van der Waals surface area contributed by atoms with Crippen molar-refractivity contribution in [3.63, 3.8) is 0 Å². The lowest BCUT2D eigenvalue weighted by Crippen LogP contribution is -2.37. The summed E-state index contributed by atoms with van der Waals surface area (Å²) in [6.07, 6.45) is 0.290. The number of benzene rings is 1. The summed E-state index contributed by atoms with van der Waals surface area (Å²) >= 11 is 0. The molecule has 0 heterocycles.